The van der Waals surface area contributed by atoms with E-state index in [1.807, 2.05) is 0 Å². The Hall–Kier alpha value is -2.08. The average molecular weight is 253 g/mol. The lowest BCUT2D eigenvalue weighted by molar-refractivity contribution is -0.148. The van der Waals surface area contributed by atoms with Crippen LogP contribution in [0.25, 0.3) is 0 Å². The van der Waals surface area contributed by atoms with E-state index in [1.165, 1.54) is 19.1 Å². The van der Waals surface area contributed by atoms with Gasteiger partial charge < -0.3 is 20.6 Å². The number of carboxylic acids is 1. The molecule has 0 aliphatic rings. The number of aliphatic carboxylic acids is 1. The van der Waals surface area contributed by atoms with E-state index in [-0.39, 0.29) is 12.2 Å². The standard InChI is InChI=1S/C12H15NO5/c1-7(14)13-10(11(16)12(17)18)6-8-2-4-9(15)5-3-8/h2-5,10-11,15-16H,6H2,1H3,(H,13,14)(H,17,18). The van der Waals surface area contributed by atoms with Crippen molar-refractivity contribution in [1.29, 1.82) is 0 Å². The van der Waals surface area contributed by atoms with Crippen LogP contribution in [0.3, 0.4) is 0 Å². The number of hydrogen-bond donors (Lipinski definition) is 4. The van der Waals surface area contributed by atoms with Crippen molar-refractivity contribution in [3.8, 4) is 5.75 Å². The van der Waals surface area contributed by atoms with E-state index in [0.29, 0.717) is 5.56 Å². The summed E-state index contributed by atoms with van der Waals surface area (Å²) in [6, 6.07) is 5.18. The Bertz CT molecular complexity index is 429. The maximum absolute atomic E-state index is 11.0. The highest BCUT2D eigenvalue weighted by atomic mass is 16.4. The molecule has 1 amide bonds. The van der Waals surface area contributed by atoms with Crippen molar-refractivity contribution in [3.63, 3.8) is 0 Å². The fraction of sp³-hybridized carbons (Fsp3) is 0.333. The number of hydrogen-bond acceptors (Lipinski definition) is 4. The third kappa shape index (κ3) is 4.06. The lowest BCUT2D eigenvalue weighted by Crippen LogP contribution is -2.47. The summed E-state index contributed by atoms with van der Waals surface area (Å²) in [6.45, 7) is 1.25. The number of rotatable bonds is 5. The van der Waals surface area contributed by atoms with Gasteiger partial charge in [-0.15, -0.1) is 0 Å². The Morgan fingerprint density at radius 1 is 1.28 bits per heavy atom. The minimum Gasteiger partial charge on any atom is -0.508 e. The third-order valence-electron chi connectivity index (χ3n) is 2.41. The molecular formula is C12H15NO5. The van der Waals surface area contributed by atoms with Gasteiger partial charge in [0.2, 0.25) is 5.91 Å². The van der Waals surface area contributed by atoms with E-state index >= 15 is 0 Å². The molecule has 0 spiro atoms. The molecule has 0 saturated carbocycles. The molecular weight excluding hydrogens is 238 g/mol. The van der Waals surface area contributed by atoms with Crippen molar-refractivity contribution in [2.24, 2.45) is 0 Å². The summed E-state index contributed by atoms with van der Waals surface area (Å²) in [5.41, 5.74) is 0.701. The second-order valence-electron chi connectivity index (χ2n) is 3.96. The number of carbonyl (C=O) groups excluding carboxylic acids is 1. The van der Waals surface area contributed by atoms with E-state index in [4.69, 9.17) is 10.2 Å². The van der Waals surface area contributed by atoms with Crippen LogP contribution in [-0.2, 0) is 16.0 Å². The van der Waals surface area contributed by atoms with Crippen LogP contribution >= 0.6 is 0 Å². The van der Waals surface area contributed by atoms with Gasteiger partial charge in [-0.1, -0.05) is 12.1 Å². The number of aromatic hydroxyl groups is 1. The molecule has 6 nitrogen and oxygen atoms in total. The first-order chi connectivity index (χ1) is 8.40. The number of aliphatic hydroxyl groups excluding tert-OH is 1. The number of phenols is 1. The molecule has 0 heterocycles. The number of aliphatic hydroxyl groups is 1. The molecule has 1 aromatic rings. The van der Waals surface area contributed by atoms with Crippen molar-refractivity contribution in [1.82, 2.24) is 5.32 Å². The smallest absolute Gasteiger partial charge is 0.334 e. The quantitative estimate of drug-likeness (QED) is 0.585. The lowest BCUT2D eigenvalue weighted by Gasteiger charge is -2.20. The van der Waals surface area contributed by atoms with Gasteiger partial charge in [-0.05, 0) is 24.1 Å². The van der Waals surface area contributed by atoms with E-state index in [1.54, 1.807) is 12.1 Å². The molecule has 0 aliphatic carbocycles. The van der Waals surface area contributed by atoms with Crippen LogP contribution < -0.4 is 5.32 Å². The number of benzene rings is 1. The van der Waals surface area contributed by atoms with Crippen molar-refractivity contribution < 1.29 is 24.9 Å². The second-order valence-corrected chi connectivity index (χ2v) is 3.96. The summed E-state index contributed by atoms with van der Waals surface area (Å²) in [5.74, 6) is -1.72. The zero-order chi connectivity index (χ0) is 13.7. The zero-order valence-electron chi connectivity index (χ0n) is 9.83. The van der Waals surface area contributed by atoms with E-state index in [9.17, 15) is 14.7 Å². The molecule has 1 rings (SSSR count). The molecule has 2 atom stereocenters. The minimum atomic E-state index is -1.68. The predicted molar refractivity (Wildman–Crippen MR) is 63.1 cm³/mol. The third-order valence-corrected chi connectivity index (χ3v) is 2.41. The second kappa shape index (κ2) is 6.02. The summed E-state index contributed by atoms with van der Waals surface area (Å²) >= 11 is 0. The zero-order valence-corrected chi connectivity index (χ0v) is 9.83. The summed E-state index contributed by atoms with van der Waals surface area (Å²) < 4.78 is 0. The summed E-state index contributed by atoms with van der Waals surface area (Å²) in [4.78, 5) is 21.7. The maximum Gasteiger partial charge on any atom is 0.334 e. The van der Waals surface area contributed by atoms with Crippen LogP contribution in [0, 0.1) is 0 Å². The highest BCUT2D eigenvalue weighted by Crippen LogP contribution is 2.12. The van der Waals surface area contributed by atoms with Crippen LogP contribution in [0.1, 0.15) is 12.5 Å². The monoisotopic (exact) mass is 253 g/mol. The van der Waals surface area contributed by atoms with E-state index in [2.05, 4.69) is 5.32 Å². The maximum atomic E-state index is 11.0. The Kier molecular flexibility index (Phi) is 4.67. The van der Waals surface area contributed by atoms with Crippen LogP contribution in [0.4, 0.5) is 0 Å². The topological polar surface area (TPSA) is 107 Å². The summed E-state index contributed by atoms with van der Waals surface area (Å²) in [7, 11) is 0. The summed E-state index contributed by atoms with van der Waals surface area (Å²) in [5, 5.41) is 29.7. The van der Waals surface area contributed by atoms with Gasteiger partial charge in [0, 0.05) is 6.92 Å². The molecule has 0 aromatic heterocycles. The van der Waals surface area contributed by atoms with Gasteiger partial charge in [0.1, 0.15) is 5.75 Å². The minimum absolute atomic E-state index is 0.0913. The Balaban J connectivity index is 2.80. The average Bonchev–Trinajstić information content (AvgIpc) is 2.29. The Labute approximate surface area is 104 Å². The van der Waals surface area contributed by atoms with E-state index < -0.39 is 24.0 Å². The fourth-order valence-corrected chi connectivity index (χ4v) is 1.56. The van der Waals surface area contributed by atoms with Gasteiger partial charge in [0.05, 0.1) is 6.04 Å². The Morgan fingerprint density at radius 3 is 2.28 bits per heavy atom. The molecule has 0 fully saturated rings. The normalized spacial score (nSPS) is 13.7. The Morgan fingerprint density at radius 2 is 1.83 bits per heavy atom. The molecule has 0 aliphatic heterocycles. The van der Waals surface area contributed by atoms with Gasteiger partial charge in [-0.2, -0.15) is 0 Å². The number of phenolic OH excluding ortho intramolecular Hbond substituents is 1. The lowest BCUT2D eigenvalue weighted by atomic mass is 10.0. The largest absolute Gasteiger partial charge is 0.508 e. The molecule has 6 heteroatoms. The molecule has 0 saturated heterocycles. The van der Waals surface area contributed by atoms with Crippen LogP contribution in [0.15, 0.2) is 24.3 Å². The van der Waals surface area contributed by atoms with Crippen molar-refractivity contribution >= 4 is 11.9 Å². The van der Waals surface area contributed by atoms with Crippen LogP contribution in [0.2, 0.25) is 0 Å². The molecule has 98 valence electrons. The number of nitrogens with one attached hydrogen (secondary N) is 1. The van der Waals surface area contributed by atoms with Crippen molar-refractivity contribution in [3.05, 3.63) is 29.8 Å². The number of carbonyl (C=O) groups is 2. The van der Waals surface area contributed by atoms with Gasteiger partial charge in [0.15, 0.2) is 6.10 Å². The molecule has 0 radical (unpaired) electrons. The van der Waals surface area contributed by atoms with Gasteiger partial charge in [-0.25, -0.2) is 4.79 Å². The van der Waals surface area contributed by atoms with Crippen LogP contribution in [0.5, 0.6) is 5.75 Å². The van der Waals surface area contributed by atoms with Gasteiger partial charge in [0.25, 0.3) is 0 Å². The predicted octanol–water partition coefficient (Wildman–Crippen LogP) is -0.115. The molecule has 1 aromatic carbocycles. The van der Waals surface area contributed by atoms with Crippen LogP contribution in [-0.4, -0.2) is 39.3 Å². The molecule has 0 bridgehead atoms. The molecule has 18 heavy (non-hydrogen) atoms. The van der Waals surface area contributed by atoms with Gasteiger partial charge >= 0.3 is 5.97 Å². The van der Waals surface area contributed by atoms with Gasteiger partial charge in [-0.3, -0.25) is 4.79 Å². The first kappa shape index (κ1) is 14.0. The SMILES string of the molecule is CC(=O)NC(Cc1ccc(O)cc1)C(O)C(=O)O. The highest BCUT2D eigenvalue weighted by Gasteiger charge is 2.26. The first-order valence-electron chi connectivity index (χ1n) is 5.36. The number of amides is 1. The first-order valence-corrected chi connectivity index (χ1v) is 5.36. The highest BCUT2D eigenvalue weighted by molar-refractivity contribution is 5.77. The fourth-order valence-electron chi connectivity index (χ4n) is 1.56. The van der Waals surface area contributed by atoms with Crippen molar-refractivity contribution in [2.75, 3.05) is 0 Å². The van der Waals surface area contributed by atoms with Crippen molar-refractivity contribution in [2.45, 2.75) is 25.5 Å². The van der Waals surface area contributed by atoms with E-state index in [0.717, 1.165) is 0 Å². The number of carboxylic acid groups (broad SMARTS) is 1. The summed E-state index contributed by atoms with van der Waals surface area (Å²) in [6.07, 6.45) is -1.52. The molecule has 2 unspecified atom stereocenters. The molecule has 4 N–H and O–H groups in total.